The number of carbonyl (C=O) groups is 2. The van der Waals surface area contributed by atoms with Gasteiger partial charge in [-0.3, -0.25) is 0 Å². The molecule has 0 aliphatic carbocycles. The van der Waals surface area contributed by atoms with Crippen molar-refractivity contribution in [2.45, 2.75) is 0 Å². The van der Waals surface area contributed by atoms with E-state index in [-0.39, 0.29) is 17.1 Å². The minimum absolute atomic E-state index is 0. The molecule has 12 nitrogen and oxygen atoms in total. The quantitative estimate of drug-likeness (QED) is 0.265. The molecule has 0 rings (SSSR count). The van der Waals surface area contributed by atoms with Crippen LogP contribution in [0.4, 0.5) is 0 Å². The normalized spacial score (nSPS) is 7.53. The van der Waals surface area contributed by atoms with Gasteiger partial charge in [0.15, 0.2) is 0 Å². The Kier molecular flexibility index (Phi) is 14.2. The topological polar surface area (TPSA) is 185 Å². The minimum atomic E-state index is -1.61. The fraction of sp³-hybridized carbons (Fsp3) is 0.500. The minimum Gasteiger partial charge on any atom is -0.548 e. The fourth-order valence-corrected chi connectivity index (χ4v) is 0.211. The van der Waals surface area contributed by atoms with Gasteiger partial charge in [0.05, 0.1) is 11.9 Å². The molecule has 0 aromatic heterocycles. The summed E-state index contributed by atoms with van der Waals surface area (Å²) in [6, 6.07) is 0. The van der Waals surface area contributed by atoms with Gasteiger partial charge >= 0.3 is 17.1 Å². The van der Waals surface area contributed by atoms with Gasteiger partial charge in [-0.25, -0.2) is 0 Å². The van der Waals surface area contributed by atoms with Gasteiger partial charge in [0.1, 0.15) is 13.2 Å². The first kappa shape index (κ1) is 20.3. The molecule has 0 unspecified atom stereocenters. The predicted octanol–water partition coefficient (Wildman–Crippen LogP) is -4.11. The molecule has 0 bridgehead atoms. The van der Waals surface area contributed by atoms with Crippen LogP contribution < -0.4 is 10.2 Å². The average molecular weight is 304 g/mol. The van der Waals surface area contributed by atoms with Crippen LogP contribution in [-0.4, -0.2) is 35.3 Å². The number of hydrogen-bond donors (Lipinski definition) is 0. The maximum absolute atomic E-state index is 9.36. The summed E-state index contributed by atoms with van der Waals surface area (Å²) in [6.07, 6.45) is 0. The standard InChI is InChI=1S/2C2H3NO5.Cu/c2*4-2(5)1-8-3(6)7;/h2*1H2,(H,4,5);/q;;+2/p-2. The molecule has 17 heavy (non-hydrogen) atoms. The second kappa shape index (κ2) is 11.9. The number of hydrogen-bond acceptors (Lipinski definition) is 10. The molecule has 0 amide bonds. The number of nitrogens with zero attached hydrogens (tertiary/aromatic N) is 2. The molecule has 0 aromatic rings. The number of aliphatic carboxylic acids is 2. The van der Waals surface area contributed by atoms with E-state index in [4.69, 9.17) is 0 Å². The molecule has 0 aliphatic rings. The molecular weight excluding hydrogens is 300 g/mol. The van der Waals surface area contributed by atoms with E-state index in [9.17, 15) is 40.0 Å². The van der Waals surface area contributed by atoms with Crippen LogP contribution in [-0.2, 0) is 36.3 Å². The van der Waals surface area contributed by atoms with Crippen molar-refractivity contribution in [3.05, 3.63) is 20.2 Å². The van der Waals surface area contributed by atoms with Crippen molar-refractivity contribution in [2.24, 2.45) is 0 Å². The van der Waals surface area contributed by atoms with Crippen molar-refractivity contribution >= 4 is 11.9 Å². The van der Waals surface area contributed by atoms with Crippen molar-refractivity contribution in [1.82, 2.24) is 0 Å². The summed E-state index contributed by atoms with van der Waals surface area (Å²) in [5.41, 5.74) is 0. The van der Waals surface area contributed by atoms with E-state index in [0.29, 0.717) is 0 Å². The first-order chi connectivity index (χ1) is 7.25. The molecule has 0 aliphatic heterocycles. The van der Waals surface area contributed by atoms with Gasteiger partial charge in [0.25, 0.3) is 10.2 Å². The Labute approximate surface area is 103 Å². The van der Waals surface area contributed by atoms with Crippen LogP contribution >= 0.6 is 0 Å². The number of carboxylic acids is 2. The summed E-state index contributed by atoms with van der Waals surface area (Å²) in [7, 11) is 0. The maximum Gasteiger partial charge on any atom is 2.00 e. The van der Waals surface area contributed by atoms with Crippen molar-refractivity contribution in [2.75, 3.05) is 13.2 Å². The van der Waals surface area contributed by atoms with Crippen LogP contribution in [0.1, 0.15) is 0 Å². The SMILES string of the molecule is O=C([O-])CO[N+](=O)[O-].O=C([O-])CO[N+](=O)[O-].[Cu+2]. The number of rotatable bonds is 6. The zero-order chi connectivity index (χ0) is 13.1. The van der Waals surface area contributed by atoms with E-state index in [1.165, 1.54) is 0 Å². The van der Waals surface area contributed by atoms with Gasteiger partial charge in [-0.1, -0.05) is 0 Å². The molecule has 0 heterocycles. The van der Waals surface area contributed by atoms with Gasteiger partial charge in [0.2, 0.25) is 0 Å². The van der Waals surface area contributed by atoms with Crippen LogP contribution in [0.25, 0.3) is 0 Å². The molecular formula is C4H4CuN2O10. The molecule has 0 aromatic carbocycles. The van der Waals surface area contributed by atoms with Gasteiger partial charge in [0, 0.05) is 0 Å². The Hall–Kier alpha value is -2.14. The van der Waals surface area contributed by atoms with Crippen LogP contribution in [0.5, 0.6) is 0 Å². The summed E-state index contributed by atoms with van der Waals surface area (Å²) >= 11 is 0. The molecule has 101 valence electrons. The smallest absolute Gasteiger partial charge is 0.548 e. The summed E-state index contributed by atoms with van der Waals surface area (Å²) in [5.74, 6) is -3.22. The van der Waals surface area contributed by atoms with Crippen LogP contribution in [0, 0.1) is 20.2 Å². The molecule has 0 spiro atoms. The average Bonchev–Trinajstić information content (AvgIpc) is 2.12. The molecule has 0 fully saturated rings. The Balaban J connectivity index is -0.000000218. The molecule has 0 atom stereocenters. The first-order valence-electron chi connectivity index (χ1n) is 3.20. The fourth-order valence-electron chi connectivity index (χ4n) is 0.211. The van der Waals surface area contributed by atoms with Crippen molar-refractivity contribution in [3.8, 4) is 0 Å². The Morgan fingerprint density at radius 1 is 0.882 bits per heavy atom. The summed E-state index contributed by atoms with van der Waals surface area (Å²) in [5, 5.41) is 34.7. The van der Waals surface area contributed by atoms with E-state index in [2.05, 4.69) is 9.68 Å². The summed E-state index contributed by atoms with van der Waals surface area (Å²) in [4.78, 5) is 43.8. The van der Waals surface area contributed by atoms with Crippen LogP contribution in [0.3, 0.4) is 0 Å². The third-order valence-electron chi connectivity index (χ3n) is 0.576. The van der Waals surface area contributed by atoms with E-state index >= 15 is 0 Å². The zero-order valence-corrected chi connectivity index (χ0v) is 8.63. The molecule has 0 saturated carbocycles. The van der Waals surface area contributed by atoms with Gasteiger partial charge < -0.3 is 29.5 Å². The molecule has 0 saturated heterocycles. The van der Waals surface area contributed by atoms with E-state index in [1.54, 1.807) is 0 Å². The first-order valence-corrected chi connectivity index (χ1v) is 3.20. The largest absolute Gasteiger partial charge is 2.00 e. The Morgan fingerprint density at radius 2 is 1.12 bits per heavy atom. The van der Waals surface area contributed by atoms with E-state index in [0.717, 1.165) is 0 Å². The van der Waals surface area contributed by atoms with E-state index in [1.807, 2.05) is 0 Å². The van der Waals surface area contributed by atoms with Crippen LogP contribution in [0.15, 0.2) is 0 Å². The summed E-state index contributed by atoms with van der Waals surface area (Å²) in [6.45, 7) is -2.01. The van der Waals surface area contributed by atoms with Crippen molar-refractivity contribution in [3.63, 3.8) is 0 Å². The zero-order valence-electron chi connectivity index (χ0n) is 7.69. The summed E-state index contributed by atoms with van der Waals surface area (Å²) < 4.78 is 0. The third kappa shape index (κ3) is 31.6. The van der Waals surface area contributed by atoms with Crippen molar-refractivity contribution < 1.29 is 56.7 Å². The van der Waals surface area contributed by atoms with Crippen LogP contribution in [0.2, 0.25) is 0 Å². The molecule has 0 N–H and O–H groups in total. The third-order valence-corrected chi connectivity index (χ3v) is 0.576. The van der Waals surface area contributed by atoms with Gasteiger partial charge in [-0.2, -0.15) is 0 Å². The molecule has 13 heteroatoms. The second-order valence-electron chi connectivity index (χ2n) is 1.74. The van der Waals surface area contributed by atoms with E-state index < -0.39 is 35.3 Å². The number of carbonyl (C=O) groups excluding carboxylic acids is 2. The van der Waals surface area contributed by atoms with Crippen molar-refractivity contribution in [1.29, 1.82) is 0 Å². The van der Waals surface area contributed by atoms with Gasteiger partial charge in [-0.15, -0.1) is 20.2 Å². The maximum atomic E-state index is 9.36. The molecule has 1 radical (unpaired) electrons. The Bertz CT molecular complexity index is 223. The van der Waals surface area contributed by atoms with Gasteiger partial charge in [-0.05, 0) is 0 Å². The predicted molar refractivity (Wildman–Crippen MR) is 35.9 cm³/mol. The second-order valence-corrected chi connectivity index (χ2v) is 1.74. The Morgan fingerprint density at radius 3 is 1.18 bits per heavy atom. The monoisotopic (exact) mass is 303 g/mol. The number of carboxylic acid groups (broad SMARTS) is 2.